The molecule has 1 heterocycles. The van der Waals surface area contributed by atoms with Gasteiger partial charge in [-0.3, -0.25) is 0 Å². The first kappa shape index (κ1) is 10.6. The molecular weight excluding hydrogens is 232 g/mol. The maximum absolute atomic E-state index is 11.3. The Morgan fingerprint density at radius 2 is 2.31 bits per heavy atom. The molecule has 7 heteroatoms. The first-order chi connectivity index (χ1) is 7.72. The Balaban J connectivity index is 2.48. The molecule has 0 N–H and O–H groups in total. The Morgan fingerprint density at radius 1 is 1.50 bits per heavy atom. The number of carbonyl (C=O) groups excluding carboxylic acids is 1. The lowest BCUT2D eigenvalue weighted by molar-refractivity contribution is 0.0583. The van der Waals surface area contributed by atoms with Crippen LogP contribution in [0.1, 0.15) is 10.6 Å². The van der Waals surface area contributed by atoms with E-state index in [0.29, 0.717) is 10.7 Å². The van der Waals surface area contributed by atoms with Gasteiger partial charge in [0.15, 0.2) is 0 Å². The molecule has 0 unspecified atom stereocenters. The minimum absolute atomic E-state index is 0.00441. The molecule has 1 aromatic heterocycles. The average Bonchev–Trinajstić information content (AvgIpc) is 2.77. The van der Waals surface area contributed by atoms with Crippen molar-refractivity contribution in [3.05, 3.63) is 35.1 Å². The molecule has 82 valence electrons. The molecule has 2 aromatic rings. The van der Waals surface area contributed by atoms with Gasteiger partial charge in [0, 0.05) is 5.02 Å². The third-order valence-electron chi connectivity index (χ3n) is 1.89. The molecule has 0 atom stereocenters. The molecule has 0 aliphatic rings. The molecule has 0 aliphatic carbocycles. The second-order valence-corrected chi connectivity index (χ2v) is 3.32. The number of halogens is 1. The number of hydrogen-bond acceptors (Lipinski definition) is 5. The van der Waals surface area contributed by atoms with Crippen LogP contribution in [0.3, 0.4) is 0 Å². The fourth-order valence-electron chi connectivity index (χ4n) is 1.19. The van der Waals surface area contributed by atoms with Gasteiger partial charge in [0.2, 0.25) is 0 Å². The van der Waals surface area contributed by atoms with Gasteiger partial charge in [0.25, 0.3) is 5.82 Å². The van der Waals surface area contributed by atoms with E-state index in [9.17, 15) is 4.79 Å². The zero-order valence-corrected chi connectivity index (χ0v) is 9.05. The minimum atomic E-state index is -0.607. The van der Waals surface area contributed by atoms with Gasteiger partial charge >= 0.3 is 5.97 Å². The van der Waals surface area contributed by atoms with Crippen molar-refractivity contribution in [3.63, 3.8) is 0 Å². The number of carbonyl (C=O) groups is 1. The number of methoxy groups -OCH3 is 1. The molecule has 0 aliphatic heterocycles. The lowest BCUT2D eigenvalue weighted by Crippen LogP contribution is -2.11. The third-order valence-corrected chi connectivity index (χ3v) is 2.13. The van der Waals surface area contributed by atoms with Crippen LogP contribution in [0, 0.1) is 0 Å². The Kier molecular flexibility index (Phi) is 2.82. The van der Waals surface area contributed by atoms with Gasteiger partial charge in [-0.1, -0.05) is 17.7 Å². The smallest absolute Gasteiger partial charge is 0.378 e. The number of benzene rings is 1. The van der Waals surface area contributed by atoms with E-state index in [2.05, 4.69) is 20.3 Å². The first-order valence-corrected chi connectivity index (χ1v) is 4.73. The van der Waals surface area contributed by atoms with E-state index < -0.39 is 5.97 Å². The highest BCUT2D eigenvalue weighted by Crippen LogP contribution is 2.14. The van der Waals surface area contributed by atoms with Crippen molar-refractivity contribution in [1.82, 2.24) is 20.2 Å². The minimum Gasteiger partial charge on any atom is -0.463 e. The molecule has 0 spiro atoms. The molecule has 0 radical (unpaired) electrons. The van der Waals surface area contributed by atoms with Crippen molar-refractivity contribution in [2.75, 3.05) is 7.11 Å². The molecule has 2 rings (SSSR count). The predicted octanol–water partition coefficient (Wildman–Crippen LogP) is 1.10. The third kappa shape index (κ3) is 1.87. The highest BCUT2D eigenvalue weighted by molar-refractivity contribution is 6.30. The van der Waals surface area contributed by atoms with Crippen molar-refractivity contribution in [2.45, 2.75) is 0 Å². The van der Waals surface area contributed by atoms with Crippen LogP contribution in [-0.4, -0.2) is 33.3 Å². The molecule has 0 saturated carbocycles. The Labute approximate surface area is 95.8 Å². The van der Waals surface area contributed by atoms with Crippen LogP contribution in [0.15, 0.2) is 24.3 Å². The molecule has 0 saturated heterocycles. The summed E-state index contributed by atoms with van der Waals surface area (Å²) < 4.78 is 5.81. The van der Waals surface area contributed by atoms with Gasteiger partial charge in [-0.05, 0) is 28.6 Å². The van der Waals surface area contributed by atoms with Gasteiger partial charge in [-0.2, -0.15) is 4.68 Å². The van der Waals surface area contributed by atoms with Gasteiger partial charge in [-0.25, -0.2) is 4.79 Å². The van der Waals surface area contributed by atoms with Gasteiger partial charge in [0.05, 0.1) is 12.8 Å². The first-order valence-electron chi connectivity index (χ1n) is 4.35. The van der Waals surface area contributed by atoms with Crippen molar-refractivity contribution >= 4 is 17.6 Å². The topological polar surface area (TPSA) is 69.9 Å². The molecule has 0 bridgehead atoms. The molecule has 1 aromatic carbocycles. The van der Waals surface area contributed by atoms with E-state index in [1.54, 1.807) is 24.3 Å². The number of ether oxygens (including phenoxy) is 1. The highest BCUT2D eigenvalue weighted by Gasteiger charge is 2.16. The SMILES string of the molecule is COC(=O)c1nnnn1-c1cccc(Cl)c1. The van der Waals surface area contributed by atoms with E-state index in [4.69, 9.17) is 11.6 Å². The summed E-state index contributed by atoms with van der Waals surface area (Å²) >= 11 is 5.83. The summed E-state index contributed by atoms with van der Waals surface area (Å²) in [6, 6.07) is 6.83. The van der Waals surface area contributed by atoms with Gasteiger partial charge in [0.1, 0.15) is 0 Å². The number of hydrogen-bond donors (Lipinski definition) is 0. The van der Waals surface area contributed by atoms with Crippen LogP contribution in [0.25, 0.3) is 5.69 Å². The van der Waals surface area contributed by atoms with E-state index in [-0.39, 0.29) is 5.82 Å². The molecular formula is C9H7ClN4O2. The quantitative estimate of drug-likeness (QED) is 0.733. The summed E-state index contributed by atoms with van der Waals surface area (Å²) in [5.74, 6) is -0.602. The normalized spacial score (nSPS) is 10.1. The summed E-state index contributed by atoms with van der Waals surface area (Å²) in [5, 5.41) is 11.2. The number of nitrogens with zero attached hydrogens (tertiary/aromatic N) is 4. The summed E-state index contributed by atoms with van der Waals surface area (Å²) in [7, 11) is 1.26. The molecule has 16 heavy (non-hydrogen) atoms. The predicted molar refractivity (Wildman–Crippen MR) is 55.5 cm³/mol. The van der Waals surface area contributed by atoms with E-state index in [1.165, 1.54) is 11.8 Å². The van der Waals surface area contributed by atoms with Crippen LogP contribution in [0.4, 0.5) is 0 Å². The van der Waals surface area contributed by atoms with Crippen molar-refractivity contribution < 1.29 is 9.53 Å². The van der Waals surface area contributed by atoms with Crippen LogP contribution in [-0.2, 0) is 4.74 Å². The summed E-state index contributed by atoms with van der Waals surface area (Å²) in [6.45, 7) is 0. The fraction of sp³-hybridized carbons (Fsp3) is 0.111. The van der Waals surface area contributed by atoms with E-state index >= 15 is 0 Å². The van der Waals surface area contributed by atoms with E-state index in [0.717, 1.165) is 0 Å². The van der Waals surface area contributed by atoms with Crippen LogP contribution in [0.2, 0.25) is 5.02 Å². The second kappa shape index (κ2) is 4.28. The monoisotopic (exact) mass is 238 g/mol. The van der Waals surface area contributed by atoms with Crippen LogP contribution < -0.4 is 0 Å². The van der Waals surface area contributed by atoms with E-state index in [1.807, 2.05) is 0 Å². The largest absolute Gasteiger partial charge is 0.463 e. The second-order valence-electron chi connectivity index (χ2n) is 2.89. The zero-order chi connectivity index (χ0) is 11.5. The summed E-state index contributed by atoms with van der Waals surface area (Å²) in [5.41, 5.74) is 0.595. The molecule has 0 amide bonds. The van der Waals surface area contributed by atoms with Crippen LogP contribution >= 0.6 is 11.6 Å². The molecule has 6 nitrogen and oxygen atoms in total. The Morgan fingerprint density at radius 3 is 3.00 bits per heavy atom. The maximum atomic E-state index is 11.3. The lowest BCUT2D eigenvalue weighted by Gasteiger charge is -2.02. The Bertz CT molecular complexity index is 526. The standard InChI is InChI=1S/C9H7ClN4O2/c1-16-9(15)8-11-12-13-14(8)7-4-2-3-6(10)5-7/h2-5H,1H3. The Hall–Kier alpha value is -1.95. The number of esters is 1. The summed E-state index contributed by atoms with van der Waals surface area (Å²) in [4.78, 5) is 11.3. The van der Waals surface area contributed by atoms with Crippen LogP contribution in [0.5, 0.6) is 0 Å². The van der Waals surface area contributed by atoms with Crippen molar-refractivity contribution in [1.29, 1.82) is 0 Å². The zero-order valence-electron chi connectivity index (χ0n) is 8.29. The highest BCUT2D eigenvalue weighted by atomic mass is 35.5. The number of aromatic nitrogens is 4. The number of tetrazole rings is 1. The lowest BCUT2D eigenvalue weighted by atomic mass is 10.3. The van der Waals surface area contributed by atoms with Crippen molar-refractivity contribution in [2.24, 2.45) is 0 Å². The van der Waals surface area contributed by atoms with Crippen molar-refractivity contribution in [3.8, 4) is 5.69 Å². The van der Waals surface area contributed by atoms with Gasteiger partial charge in [-0.15, -0.1) is 5.10 Å². The summed E-state index contributed by atoms with van der Waals surface area (Å²) in [6.07, 6.45) is 0. The number of rotatable bonds is 2. The maximum Gasteiger partial charge on any atom is 0.378 e. The fourth-order valence-corrected chi connectivity index (χ4v) is 1.37. The molecule has 0 fully saturated rings. The average molecular weight is 239 g/mol. The van der Waals surface area contributed by atoms with Gasteiger partial charge < -0.3 is 4.74 Å².